The molecule has 2 heterocycles. The molecule has 0 saturated carbocycles. The molecule has 15 amide bonds. The van der Waals surface area contributed by atoms with E-state index in [1.54, 1.807) is 126 Å². The minimum atomic E-state index is -1.86. The molecule has 0 fully saturated rings. The number of carboxylic acid groups (broad SMARTS) is 1. The van der Waals surface area contributed by atoms with Gasteiger partial charge in [0.1, 0.15) is 78.3 Å². The van der Waals surface area contributed by atoms with E-state index >= 15 is 14.4 Å². The molecular weight excluding hydrogens is 1620 g/mol. The summed E-state index contributed by atoms with van der Waals surface area (Å²) in [5.41, 5.74) is 19.1. The van der Waals surface area contributed by atoms with Crippen LogP contribution in [0, 0.1) is 11.3 Å². The van der Waals surface area contributed by atoms with Crippen molar-refractivity contribution in [3.63, 3.8) is 0 Å². The number of unbranched alkanes of at least 4 members (excludes halogenated alkanes) is 2. The normalized spacial score (nSPS) is 14.3. The maximum absolute atomic E-state index is 15.4. The number of H-pyrrole nitrogens is 2. The molecule has 662 valence electrons. The maximum Gasteiger partial charge on any atom is 0.305 e. The summed E-state index contributed by atoms with van der Waals surface area (Å²) in [6.07, 6.45) is 3.16. The number of phenols is 1. The Morgan fingerprint density at radius 3 is 1.38 bits per heavy atom. The number of phenolic OH excluding ortho intramolecular Hbond substituents is 1. The first-order valence-corrected chi connectivity index (χ1v) is 41.4. The highest BCUT2D eigenvalue weighted by Gasteiger charge is 2.41. The Morgan fingerprint density at radius 2 is 0.869 bits per heavy atom. The summed E-state index contributed by atoms with van der Waals surface area (Å²) in [7, 11) is 0. The van der Waals surface area contributed by atoms with E-state index in [0.717, 1.165) is 0 Å². The van der Waals surface area contributed by atoms with Crippen molar-refractivity contribution in [2.24, 2.45) is 28.5 Å². The number of carbonyl (C=O) groups excluding carboxylic acids is 15. The number of para-hydroxylation sites is 2. The highest BCUT2D eigenvalue weighted by Crippen LogP contribution is 2.25. The second kappa shape index (κ2) is 49.0. The predicted molar refractivity (Wildman–Crippen MR) is 460 cm³/mol. The van der Waals surface area contributed by atoms with Crippen LogP contribution in [0.1, 0.15) is 122 Å². The summed E-state index contributed by atoms with van der Waals surface area (Å²) in [5.74, 6) is -15.9. The van der Waals surface area contributed by atoms with Gasteiger partial charge < -0.3 is 112 Å². The van der Waals surface area contributed by atoms with E-state index in [4.69, 9.17) is 17.2 Å². The number of hydrogen-bond donors (Lipinski definition) is 23. The number of carbonyl (C=O) groups is 16. The Morgan fingerprint density at radius 1 is 0.434 bits per heavy atom. The Labute approximate surface area is 717 Å². The number of thiol groups is 2. The number of aliphatic carboxylic acids is 1. The third-order valence-corrected chi connectivity index (χ3v) is 20.5. The fourth-order valence-electron chi connectivity index (χ4n) is 13.1. The van der Waals surface area contributed by atoms with E-state index in [2.05, 4.69) is 110 Å². The highest BCUT2D eigenvalue weighted by molar-refractivity contribution is 7.80. The lowest BCUT2D eigenvalue weighted by atomic mass is 9.85. The number of hydrogen-bond acceptors (Lipinski definition) is 21. The van der Waals surface area contributed by atoms with Gasteiger partial charge in [-0.05, 0) is 116 Å². The summed E-state index contributed by atoms with van der Waals surface area (Å²) >= 11 is 8.51. The van der Waals surface area contributed by atoms with Crippen molar-refractivity contribution >= 4 is 142 Å². The summed E-state index contributed by atoms with van der Waals surface area (Å²) in [6, 6.07) is 10.9. The van der Waals surface area contributed by atoms with Gasteiger partial charge in [0.2, 0.25) is 88.6 Å². The van der Waals surface area contributed by atoms with Crippen LogP contribution in [0.4, 0.5) is 0 Å². The zero-order valence-electron chi connectivity index (χ0n) is 69.3. The summed E-state index contributed by atoms with van der Waals surface area (Å²) in [4.78, 5) is 228. The largest absolute Gasteiger partial charge is 0.508 e. The number of primary amides is 1. The zero-order valence-corrected chi connectivity index (χ0v) is 71.0. The van der Waals surface area contributed by atoms with E-state index in [1.807, 2.05) is 0 Å². The van der Waals surface area contributed by atoms with Crippen molar-refractivity contribution in [1.29, 1.82) is 0 Å². The van der Waals surface area contributed by atoms with Gasteiger partial charge in [0.25, 0.3) is 0 Å². The van der Waals surface area contributed by atoms with E-state index < -0.39 is 197 Å². The molecular formula is C83H115N19O18S2. The van der Waals surface area contributed by atoms with Gasteiger partial charge in [0.15, 0.2) is 0 Å². The molecule has 12 atom stereocenters. The smallest absolute Gasteiger partial charge is 0.305 e. The summed E-state index contributed by atoms with van der Waals surface area (Å²) in [6.45, 7) is 10.3. The van der Waals surface area contributed by atoms with Crippen LogP contribution in [0.2, 0.25) is 0 Å². The quantitative estimate of drug-likeness (QED) is 0.0159. The van der Waals surface area contributed by atoms with Crippen LogP contribution >= 0.6 is 25.3 Å². The number of aromatic hydroxyl groups is 1. The molecule has 122 heavy (non-hydrogen) atoms. The predicted octanol–water partition coefficient (Wildman–Crippen LogP) is -1.12. The van der Waals surface area contributed by atoms with Crippen LogP contribution < -0.4 is 91.6 Å². The van der Waals surface area contributed by atoms with Crippen LogP contribution in [0.5, 0.6) is 5.75 Å². The van der Waals surface area contributed by atoms with Crippen LogP contribution in [-0.2, 0) is 102 Å². The lowest BCUT2D eigenvalue weighted by Gasteiger charge is -2.33. The Hall–Kier alpha value is -12.1. The molecule has 2 aromatic heterocycles. The number of carboxylic acids is 1. The first kappa shape index (κ1) is 98.7. The fourth-order valence-corrected chi connectivity index (χ4v) is 13.6. The molecule has 0 unspecified atom stereocenters. The monoisotopic (exact) mass is 1730 g/mol. The molecule has 39 heteroatoms. The first-order chi connectivity index (χ1) is 57.9. The van der Waals surface area contributed by atoms with Gasteiger partial charge >= 0.3 is 5.97 Å². The number of aromatic nitrogens is 2. The number of fused-ring (bicyclic) bond motifs is 2. The molecule has 0 aliphatic heterocycles. The van der Waals surface area contributed by atoms with E-state index in [0.29, 0.717) is 76.3 Å². The molecule has 4 aromatic carbocycles. The van der Waals surface area contributed by atoms with Gasteiger partial charge in [-0.1, -0.05) is 113 Å². The van der Waals surface area contributed by atoms with Crippen LogP contribution in [0.3, 0.4) is 0 Å². The highest BCUT2D eigenvalue weighted by atomic mass is 32.1. The van der Waals surface area contributed by atoms with Crippen molar-refractivity contribution in [3.05, 3.63) is 138 Å². The van der Waals surface area contributed by atoms with E-state index in [9.17, 15) is 72.5 Å². The molecule has 0 bridgehead atoms. The molecule has 0 spiro atoms. The van der Waals surface area contributed by atoms with Crippen LogP contribution in [0.25, 0.3) is 21.8 Å². The zero-order chi connectivity index (χ0) is 89.9. The third-order valence-electron chi connectivity index (χ3n) is 19.8. The number of aromatic amines is 2. The fraction of sp³-hybridized carbons (Fsp3) is 0.470. The Kier molecular flexibility index (Phi) is 39.6. The van der Waals surface area contributed by atoms with Gasteiger partial charge in [-0.15, -0.1) is 0 Å². The molecule has 6 aromatic rings. The van der Waals surface area contributed by atoms with Crippen molar-refractivity contribution in [2.45, 2.75) is 198 Å². The lowest BCUT2D eigenvalue weighted by molar-refractivity contribution is -0.141. The number of rotatable bonds is 50. The van der Waals surface area contributed by atoms with Gasteiger partial charge in [0, 0.05) is 91.3 Å². The first-order valence-electron chi connectivity index (χ1n) is 40.1. The SMILES string of the molecule is CC(=O)N[C@@H](CS)C(=O)N[C@@H](C)C(=O)N[C@@H](CC(=O)O)C(=O)N[C@@H](Cc1c[nH]c2ccccc12)C(=O)N[C@H](C(=O)N[C@@H](CS)C(=O)N[C@@H](Cc1ccc(O)cc1)C(=O)N[C@@H](Cc1c[nH]c2ccccc12)C(=O)N[C@H](C(=O)N[C@@H](CCCCN)C(=O)N[C@@H](Cc1ccccc1)C(=O)NCC(=O)NCCC(=O)N[C@H](CCCCN)C(N)=O)C(C)(C)C)C(C)C. The van der Waals surface area contributed by atoms with Gasteiger partial charge in [0.05, 0.1) is 13.0 Å². The second-order valence-corrected chi connectivity index (χ2v) is 31.7. The lowest BCUT2D eigenvalue weighted by Crippen LogP contribution is -2.63. The van der Waals surface area contributed by atoms with Crippen molar-refractivity contribution in [2.75, 3.05) is 37.7 Å². The second-order valence-electron chi connectivity index (χ2n) is 31.0. The maximum atomic E-state index is 15.4. The van der Waals surface area contributed by atoms with Crippen LogP contribution in [-0.4, -0.2) is 225 Å². The van der Waals surface area contributed by atoms with E-state index in [1.165, 1.54) is 38.1 Å². The average molecular weight is 1730 g/mol. The Balaban J connectivity index is 1.24. The molecule has 0 radical (unpaired) electrons. The number of amides is 15. The number of nitrogens with one attached hydrogen (secondary N) is 16. The standard InChI is InChI=1S/C83H115N19O18S2/c1-45(2)69(101-77(115)61(37-50-40-88-55-23-13-11-21-53(50)55)98-76(114)63(39-68(107)108)95-72(110)46(3)91-79(117)64(43-121)92-47(4)103)81(119)100-65(44-122)80(118)97-60(36-49-27-29-52(104)30-28-49)75(113)99-62(38-51-41-89-56-24-14-12-22-54(51)56)78(116)102-70(83(5,6)7)82(120)94-58(26-16-18-33-85)74(112)96-59(35-48-19-9-8-10-20-48)73(111)90-42-67(106)87-34-31-66(105)93-57(71(86)109)25-15-17-32-84/h8-14,19-24,27-30,40-41,45-46,57-65,69-70,88-89,104,121-122H,15-18,25-26,31-39,42-44,84-85H2,1-7H3,(H2,86,109)(H,87,106)(H,90,111)(H,91,117)(H,92,103)(H,93,105)(H,94,120)(H,95,110)(H,96,112)(H,97,118)(H,98,114)(H,99,113)(H,100,119)(H,101,115)(H,102,116)(H,107,108)/t46-,57+,58-,59-,60-,61-,62-,63-,64-,65-,69-,70+/m0/s1. The molecule has 37 nitrogen and oxygen atoms in total. The summed E-state index contributed by atoms with van der Waals surface area (Å²) in [5, 5.41) is 57.9. The van der Waals surface area contributed by atoms with Crippen molar-refractivity contribution < 1.29 is 86.9 Å². The topological polar surface area (TPSA) is 592 Å². The number of nitrogens with two attached hydrogens (primary N) is 3. The Bertz CT molecular complexity index is 4620. The van der Waals surface area contributed by atoms with Gasteiger partial charge in [-0.2, -0.15) is 25.3 Å². The average Bonchev–Trinajstić information content (AvgIpc) is 1.54. The number of benzene rings is 4. The molecule has 24 N–H and O–H groups in total. The van der Waals surface area contributed by atoms with Crippen LogP contribution in [0.15, 0.2) is 116 Å². The van der Waals surface area contributed by atoms with E-state index in [-0.39, 0.29) is 69.5 Å². The molecule has 0 aliphatic carbocycles. The van der Waals surface area contributed by atoms with Gasteiger partial charge in [-0.25, -0.2) is 0 Å². The van der Waals surface area contributed by atoms with Crippen molar-refractivity contribution in [1.82, 2.24) is 84.4 Å². The minimum absolute atomic E-state index is 0.0168. The molecule has 6 rings (SSSR count). The molecule has 0 saturated heterocycles. The minimum Gasteiger partial charge on any atom is -0.508 e. The molecule has 0 aliphatic rings. The van der Waals surface area contributed by atoms with Crippen molar-refractivity contribution in [3.8, 4) is 5.75 Å². The summed E-state index contributed by atoms with van der Waals surface area (Å²) < 4.78 is 0. The third kappa shape index (κ3) is 31.8. The van der Waals surface area contributed by atoms with Gasteiger partial charge in [-0.3, -0.25) is 76.7 Å².